The van der Waals surface area contributed by atoms with Gasteiger partial charge in [0.15, 0.2) is 0 Å². The molecule has 1 N–H and O–H groups in total. The van der Waals surface area contributed by atoms with Crippen molar-refractivity contribution in [3.63, 3.8) is 0 Å². The highest BCUT2D eigenvalue weighted by Gasteiger charge is 2.42. The lowest BCUT2D eigenvalue weighted by molar-refractivity contribution is -0.148. The summed E-state index contributed by atoms with van der Waals surface area (Å²) in [7, 11) is 3.08. The molecule has 1 heterocycles. The van der Waals surface area contributed by atoms with Gasteiger partial charge in [0.2, 0.25) is 0 Å². The predicted octanol–water partition coefficient (Wildman–Crippen LogP) is 1.53. The lowest BCUT2D eigenvalue weighted by atomic mass is 9.89. The van der Waals surface area contributed by atoms with E-state index in [1.165, 1.54) is 7.11 Å². The Morgan fingerprint density at radius 3 is 2.89 bits per heavy atom. The van der Waals surface area contributed by atoms with Crippen LogP contribution in [0, 0.1) is 0 Å². The van der Waals surface area contributed by atoms with Crippen molar-refractivity contribution in [3.05, 3.63) is 29.8 Å². The highest BCUT2D eigenvalue weighted by molar-refractivity contribution is 5.81. The monoisotopic (exact) mass is 249 g/mol. The maximum absolute atomic E-state index is 12.0. The normalized spacial score (nSPS) is 22.8. The first-order chi connectivity index (χ1) is 8.70. The van der Waals surface area contributed by atoms with Gasteiger partial charge in [0.1, 0.15) is 11.3 Å². The van der Waals surface area contributed by atoms with Gasteiger partial charge in [-0.3, -0.25) is 4.79 Å². The average Bonchev–Trinajstić information content (AvgIpc) is 2.87. The smallest absolute Gasteiger partial charge is 0.326 e. The molecule has 2 rings (SSSR count). The van der Waals surface area contributed by atoms with Gasteiger partial charge in [-0.1, -0.05) is 12.1 Å². The molecule has 0 amide bonds. The SMILES string of the molecule is COC(=O)C1(Cc2cccc(OC)c2)CCCN1. The second-order valence-corrected chi connectivity index (χ2v) is 4.63. The van der Waals surface area contributed by atoms with Crippen molar-refractivity contribution in [3.8, 4) is 5.75 Å². The number of carbonyl (C=O) groups is 1. The van der Waals surface area contributed by atoms with E-state index >= 15 is 0 Å². The van der Waals surface area contributed by atoms with Crippen molar-refractivity contribution < 1.29 is 14.3 Å². The van der Waals surface area contributed by atoms with Crippen LogP contribution in [-0.4, -0.2) is 32.3 Å². The third-order valence-corrected chi connectivity index (χ3v) is 3.46. The number of carbonyl (C=O) groups excluding carboxylic acids is 1. The van der Waals surface area contributed by atoms with Crippen LogP contribution in [0.3, 0.4) is 0 Å². The molecule has 1 atom stereocenters. The molecule has 1 saturated heterocycles. The minimum absolute atomic E-state index is 0.178. The molecule has 18 heavy (non-hydrogen) atoms. The van der Waals surface area contributed by atoms with E-state index in [0.29, 0.717) is 6.42 Å². The standard InChI is InChI=1S/C14H19NO3/c1-17-12-6-3-5-11(9-12)10-14(13(16)18-2)7-4-8-15-14/h3,5-6,9,15H,4,7-8,10H2,1-2H3. The maximum atomic E-state index is 12.0. The molecule has 1 aromatic rings. The van der Waals surface area contributed by atoms with Gasteiger partial charge in [0.05, 0.1) is 14.2 Å². The summed E-state index contributed by atoms with van der Waals surface area (Å²) in [5, 5.41) is 3.29. The first-order valence-electron chi connectivity index (χ1n) is 6.16. The average molecular weight is 249 g/mol. The van der Waals surface area contributed by atoms with Gasteiger partial charge in [0, 0.05) is 6.42 Å². The van der Waals surface area contributed by atoms with Crippen LogP contribution in [0.15, 0.2) is 24.3 Å². The molecule has 98 valence electrons. The summed E-state index contributed by atoms with van der Waals surface area (Å²) in [6, 6.07) is 7.81. The molecule has 1 aliphatic heterocycles. The van der Waals surface area contributed by atoms with E-state index in [0.717, 1.165) is 30.7 Å². The van der Waals surface area contributed by atoms with Gasteiger partial charge in [-0.2, -0.15) is 0 Å². The van der Waals surface area contributed by atoms with Gasteiger partial charge in [0.25, 0.3) is 0 Å². The molecule has 1 fully saturated rings. The zero-order valence-corrected chi connectivity index (χ0v) is 10.9. The Kier molecular flexibility index (Phi) is 3.87. The fourth-order valence-electron chi connectivity index (χ4n) is 2.53. The number of rotatable bonds is 4. The number of hydrogen-bond donors (Lipinski definition) is 1. The summed E-state index contributed by atoms with van der Waals surface area (Å²) >= 11 is 0. The van der Waals surface area contributed by atoms with Gasteiger partial charge >= 0.3 is 5.97 Å². The lowest BCUT2D eigenvalue weighted by Gasteiger charge is -2.26. The number of benzene rings is 1. The Hall–Kier alpha value is -1.55. The summed E-state index contributed by atoms with van der Waals surface area (Å²) in [4.78, 5) is 12.0. The van der Waals surface area contributed by atoms with Crippen molar-refractivity contribution in [2.24, 2.45) is 0 Å². The van der Waals surface area contributed by atoms with E-state index in [9.17, 15) is 4.79 Å². The molecule has 1 aliphatic rings. The third-order valence-electron chi connectivity index (χ3n) is 3.46. The molecule has 0 aromatic heterocycles. The minimum atomic E-state index is -0.568. The fourth-order valence-corrected chi connectivity index (χ4v) is 2.53. The lowest BCUT2D eigenvalue weighted by Crippen LogP contribution is -2.50. The van der Waals surface area contributed by atoms with Crippen LogP contribution in [0.4, 0.5) is 0 Å². The quantitative estimate of drug-likeness (QED) is 0.822. The molecule has 0 aliphatic carbocycles. The molecule has 0 saturated carbocycles. The summed E-state index contributed by atoms with van der Waals surface area (Å²) in [6.07, 6.45) is 2.45. The van der Waals surface area contributed by atoms with Gasteiger partial charge < -0.3 is 14.8 Å². The summed E-state index contributed by atoms with van der Waals surface area (Å²) in [5.41, 5.74) is 0.510. The fraction of sp³-hybridized carbons (Fsp3) is 0.500. The molecule has 0 radical (unpaired) electrons. The van der Waals surface area contributed by atoms with Crippen molar-refractivity contribution in [2.75, 3.05) is 20.8 Å². The number of hydrogen-bond acceptors (Lipinski definition) is 4. The molecule has 0 bridgehead atoms. The second kappa shape index (κ2) is 5.40. The highest BCUT2D eigenvalue weighted by atomic mass is 16.5. The van der Waals surface area contributed by atoms with Crippen LogP contribution in [0.2, 0.25) is 0 Å². The molecular formula is C14H19NO3. The van der Waals surface area contributed by atoms with Crippen molar-refractivity contribution >= 4 is 5.97 Å². The Labute approximate surface area is 107 Å². The van der Waals surface area contributed by atoms with Crippen molar-refractivity contribution in [1.82, 2.24) is 5.32 Å². The van der Waals surface area contributed by atoms with E-state index in [2.05, 4.69) is 5.32 Å². The number of ether oxygens (including phenoxy) is 2. The van der Waals surface area contributed by atoms with Gasteiger partial charge in [-0.25, -0.2) is 0 Å². The van der Waals surface area contributed by atoms with E-state index in [4.69, 9.17) is 9.47 Å². The largest absolute Gasteiger partial charge is 0.497 e. The Bertz CT molecular complexity index is 425. The molecular weight excluding hydrogens is 230 g/mol. The first-order valence-corrected chi connectivity index (χ1v) is 6.16. The zero-order valence-electron chi connectivity index (χ0n) is 10.9. The van der Waals surface area contributed by atoms with Crippen LogP contribution in [0.25, 0.3) is 0 Å². The molecule has 4 heteroatoms. The van der Waals surface area contributed by atoms with Crippen molar-refractivity contribution in [1.29, 1.82) is 0 Å². The van der Waals surface area contributed by atoms with Crippen LogP contribution in [0.1, 0.15) is 18.4 Å². The topological polar surface area (TPSA) is 47.6 Å². The highest BCUT2D eigenvalue weighted by Crippen LogP contribution is 2.26. The van der Waals surface area contributed by atoms with Crippen LogP contribution >= 0.6 is 0 Å². The predicted molar refractivity (Wildman–Crippen MR) is 68.7 cm³/mol. The van der Waals surface area contributed by atoms with Crippen LogP contribution in [0.5, 0.6) is 5.75 Å². The number of methoxy groups -OCH3 is 2. The maximum Gasteiger partial charge on any atom is 0.326 e. The molecule has 4 nitrogen and oxygen atoms in total. The number of esters is 1. The van der Waals surface area contributed by atoms with Gasteiger partial charge in [-0.15, -0.1) is 0 Å². The van der Waals surface area contributed by atoms with Crippen LogP contribution in [-0.2, 0) is 16.0 Å². The molecule has 1 unspecified atom stereocenters. The van der Waals surface area contributed by atoms with Crippen LogP contribution < -0.4 is 10.1 Å². The number of nitrogens with one attached hydrogen (secondary N) is 1. The van der Waals surface area contributed by atoms with E-state index in [-0.39, 0.29) is 5.97 Å². The third kappa shape index (κ3) is 2.48. The molecule has 0 spiro atoms. The summed E-state index contributed by atoms with van der Waals surface area (Å²) in [5.74, 6) is 0.633. The second-order valence-electron chi connectivity index (χ2n) is 4.63. The minimum Gasteiger partial charge on any atom is -0.497 e. The van der Waals surface area contributed by atoms with E-state index < -0.39 is 5.54 Å². The molecule has 1 aromatic carbocycles. The zero-order chi connectivity index (χ0) is 13.0. The first kappa shape index (κ1) is 12.9. The van der Waals surface area contributed by atoms with Crippen molar-refractivity contribution in [2.45, 2.75) is 24.8 Å². The summed E-state index contributed by atoms with van der Waals surface area (Å²) in [6.45, 7) is 0.860. The van der Waals surface area contributed by atoms with E-state index in [1.54, 1.807) is 7.11 Å². The van der Waals surface area contributed by atoms with E-state index in [1.807, 2.05) is 24.3 Å². The summed E-state index contributed by atoms with van der Waals surface area (Å²) < 4.78 is 10.1. The Balaban J connectivity index is 2.20. The van der Waals surface area contributed by atoms with Gasteiger partial charge in [-0.05, 0) is 37.1 Å². The Morgan fingerprint density at radius 2 is 2.28 bits per heavy atom. The Morgan fingerprint density at radius 1 is 1.44 bits per heavy atom.